The highest BCUT2D eigenvalue weighted by Gasteiger charge is 2.20. The highest BCUT2D eigenvalue weighted by atomic mass is 16.7. The molecule has 132 valence electrons. The number of benzene rings is 2. The SMILES string of the molecule is COc1ccccc1NC(=O)C(C)N(C)Cc1ccc2c(c1)OCO2. The van der Waals surface area contributed by atoms with Crippen LogP contribution in [0.4, 0.5) is 5.69 Å². The summed E-state index contributed by atoms with van der Waals surface area (Å²) in [6.07, 6.45) is 0. The molecule has 1 unspecified atom stereocenters. The Hall–Kier alpha value is -2.73. The fourth-order valence-corrected chi connectivity index (χ4v) is 2.65. The van der Waals surface area contributed by atoms with Crippen LogP contribution in [-0.4, -0.2) is 37.8 Å². The van der Waals surface area contributed by atoms with Crippen molar-refractivity contribution in [3.05, 3.63) is 48.0 Å². The summed E-state index contributed by atoms with van der Waals surface area (Å²) in [5.74, 6) is 2.06. The lowest BCUT2D eigenvalue weighted by Crippen LogP contribution is -2.39. The second-order valence-corrected chi connectivity index (χ2v) is 5.97. The Morgan fingerprint density at radius 3 is 2.80 bits per heavy atom. The fraction of sp³-hybridized carbons (Fsp3) is 0.316. The molecule has 2 aromatic carbocycles. The van der Waals surface area contributed by atoms with Crippen LogP contribution in [-0.2, 0) is 11.3 Å². The van der Waals surface area contributed by atoms with Crippen LogP contribution in [0.1, 0.15) is 12.5 Å². The van der Waals surface area contributed by atoms with E-state index in [2.05, 4.69) is 5.32 Å². The Bertz CT molecular complexity index is 763. The number of hydrogen-bond donors (Lipinski definition) is 1. The second-order valence-electron chi connectivity index (χ2n) is 5.97. The molecule has 6 heteroatoms. The largest absolute Gasteiger partial charge is 0.495 e. The molecule has 0 fully saturated rings. The zero-order chi connectivity index (χ0) is 17.8. The first-order valence-electron chi connectivity index (χ1n) is 8.11. The van der Waals surface area contributed by atoms with Gasteiger partial charge in [0.05, 0.1) is 18.8 Å². The summed E-state index contributed by atoms with van der Waals surface area (Å²) in [4.78, 5) is 14.5. The number of carbonyl (C=O) groups is 1. The van der Waals surface area contributed by atoms with Gasteiger partial charge in [0.25, 0.3) is 0 Å². The molecule has 0 saturated heterocycles. The molecule has 1 atom stereocenters. The van der Waals surface area contributed by atoms with Gasteiger partial charge in [0, 0.05) is 6.54 Å². The molecule has 0 saturated carbocycles. The minimum atomic E-state index is -0.310. The molecule has 3 rings (SSSR count). The Morgan fingerprint density at radius 2 is 2.00 bits per heavy atom. The van der Waals surface area contributed by atoms with Gasteiger partial charge in [-0.1, -0.05) is 18.2 Å². The van der Waals surface area contributed by atoms with Gasteiger partial charge in [-0.25, -0.2) is 0 Å². The average Bonchev–Trinajstić information content (AvgIpc) is 3.09. The van der Waals surface area contributed by atoms with Crippen molar-refractivity contribution in [2.24, 2.45) is 0 Å². The predicted molar refractivity (Wildman–Crippen MR) is 95.1 cm³/mol. The maximum Gasteiger partial charge on any atom is 0.241 e. The van der Waals surface area contributed by atoms with Gasteiger partial charge < -0.3 is 19.5 Å². The molecule has 0 radical (unpaired) electrons. The number of ether oxygens (including phenoxy) is 3. The van der Waals surface area contributed by atoms with Gasteiger partial charge >= 0.3 is 0 Å². The standard InChI is InChI=1S/C19H22N2O4/c1-13(19(22)20-15-6-4-5-7-16(15)23-3)21(2)11-14-8-9-17-18(10-14)25-12-24-17/h4-10,13H,11-12H2,1-3H3,(H,20,22). The summed E-state index contributed by atoms with van der Waals surface area (Å²) in [6.45, 7) is 2.75. The van der Waals surface area contributed by atoms with Gasteiger partial charge in [0.15, 0.2) is 11.5 Å². The molecule has 1 heterocycles. The summed E-state index contributed by atoms with van der Waals surface area (Å²) in [5, 5.41) is 2.92. The lowest BCUT2D eigenvalue weighted by atomic mass is 10.1. The van der Waals surface area contributed by atoms with Crippen LogP contribution in [0.25, 0.3) is 0 Å². The average molecular weight is 342 g/mol. The van der Waals surface area contributed by atoms with E-state index in [0.717, 1.165) is 17.1 Å². The number of nitrogens with one attached hydrogen (secondary N) is 1. The third-order valence-electron chi connectivity index (χ3n) is 4.27. The number of rotatable bonds is 6. The Morgan fingerprint density at radius 1 is 1.24 bits per heavy atom. The predicted octanol–water partition coefficient (Wildman–Crippen LogP) is 2.88. The Balaban J connectivity index is 1.63. The first-order chi connectivity index (χ1) is 12.1. The van der Waals surface area contributed by atoms with Crippen LogP contribution in [0, 0.1) is 0 Å². The van der Waals surface area contributed by atoms with Crippen LogP contribution >= 0.6 is 0 Å². The summed E-state index contributed by atoms with van der Waals surface area (Å²) in [7, 11) is 3.50. The lowest BCUT2D eigenvalue weighted by molar-refractivity contribution is -0.120. The van der Waals surface area contributed by atoms with Crippen LogP contribution in [0.15, 0.2) is 42.5 Å². The van der Waals surface area contributed by atoms with E-state index in [-0.39, 0.29) is 18.7 Å². The van der Waals surface area contributed by atoms with Gasteiger partial charge in [-0.3, -0.25) is 9.69 Å². The smallest absolute Gasteiger partial charge is 0.241 e. The number of fused-ring (bicyclic) bond motifs is 1. The van der Waals surface area contributed by atoms with Crippen LogP contribution in [0.2, 0.25) is 0 Å². The maximum atomic E-state index is 12.5. The van der Waals surface area contributed by atoms with Crippen molar-refractivity contribution in [2.75, 3.05) is 26.3 Å². The highest BCUT2D eigenvalue weighted by molar-refractivity contribution is 5.95. The van der Waals surface area contributed by atoms with Crippen molar-refractivity contribution in [1.82, 2.24) is 4.90 Å². The molecule has 1 aliphatic rings. The van der Waals surface area contributed by atoms with Crippen molar-refractivity contribution >= 4 is 11.6 Å². The van der Waals surface area contributed by atoms with Crippen LogP contribution in [0.3, 0.4) is 0 Å². The summed E-state index contributed by atoms with van der Waals surface area (Å²) in [6, 6.07) is 12.9. The quantitative estimate of drug-likeness (QED) is 0.875. The Kier molecular flexibility index (Phi) is 5.09. The van der Waals surface area contributed by atoms with E-state index in [1.54, 1.807) is 7.11 Å². The number of carbonyl (C=O) groups excluding carboxylic acids is 1. The number of hydrogen-bond acceptors (Lipinski definition) is 5. The molecule has 0 spiro atoms. The van der Waals surface area contributed by atoms with Gasteiger partial charge in [-0.15, -0.1) is 0 Å². The van der Waals surface area contributed by atoms with Crippen molar-refractivity contribution in [1.29, 1.82) is 0 Å². The monoisotopic (exact) mass is 342 g/mol. The van der Waals surface area contributed by atoms with Crippen LogP contribution in [0.5, 0.6) is 17.2 Å². The van der Waals surface area contributed by atoms with E-state index in [1.165, 1.54) is 0 Å². The molecule has 0 aromatic heterocycles. The van der Waals surface area contributed by atoms with E-state index in [4.69, 9.17) is 14.2 Å². The van der Waals surface area contributed by atoms with E-state index in [0.29, 0.717) is 18.0 Å². The van der Waals surface area contributed by atoms with Crippen molar-refractivity contribution in [3.63, 3.8) is 0 Å². The molecule has 25 heavy (non-hydrogen) atoms. The molecular formula is C19H22N2O4. The number of anilines is 1. The van der Waals surface area contributed by atoms with Crippen molar-refractivity contribution in [3.8, 4) is 17.2 Å². The molecule has 6 nitrogen and oxygen atoms in total. The minimum absolute atomic E-state index is 0.0901. The third kappa shape index (κ3) is 3.85. The third-order valence-corrected chi connectivity index (χ3v) is 4.27. The van der Waals surface area contributed by atoms with E-state index < -0.39 is 0 Å². The first kappa shape index (κ1) is 17.1. The molecule has 0 bridgehead atoms. The lowest BCUT2D eigenvalue weighted by Gasteiger charge is -2.24. The molecule has 1 amide bonds. The topological polar surface area (TPSA) is 60.0 Å². The highest BCUT2D eigenvalue weighted by Crippen LogP contribution is 2.32. The van der Waals surface area contributed by atoms with Crippen molar-refractivity contribution in [2.45, 2.75) is 19.5 Å². The fourth-order valence-electron chi connectivity index (χ4n) is 2.65. The Labute approximate surface area is 147 Å². The number of para-hydroxylation sites is 2. The number of nitrogens with zero attached hydrogens (tertiary/aromatic N) is 1. The van der Waals surface area contributed by atoms with Crippen LogP contribution < -0.4 is 19.5 Å². The molecule has 1 N–H and O–H groups in total. The minimum Gasteiger partial charge on any atom is -0.495 e. The summed E-state index contributed by atoms with van der Waals surface area (Å²) >= 11 is 0. The van der Waals surface area contributed by atoms with E-state index in [1.807, 2.05) is 61.3 Å². The molecular weight excluding hydrogens is 320 g/mol. The zero-order valence-corrected chi connectivity index (χ0v) is 14.6. The van der Waals surface area contributed by atoms with Gasteiger partial charge in [-0.2, -0.15) is 0 Å². The van der Waals surface area contributed by atoms with E-state index >= 15 is 0 Å². The van der Waals surface area contributed by atoms with Crippen molar-refractivity contribution < 1.29 is 19.0 Å². The first-order valence-corrected chi connectivity index (χ1v) is 8.11. The summed E-state index contributed by atoms with van der Waals surface area (Å²) < 4.78 is 16.0. The molecule has 1 aliphatic heterocycles. The van der Waals surface area contributed by atoms with Gasteiger partial charge in [0.1, 0.15) is 5.75 Å². The normalized spacial score (nSPS) is 13.6. The molecule has 2 aromatic rings. The number of amides is 1. The van der Waals surface area contributed by atoms with Gasteiger partial charge in [-0.05, 0) is 43.8 Å². The maximum absolute atomic E-state index is 12.5. The second kappa shape index (κ2) is 7.44. The van der Waals surface area contributed by atoms with E-state index in [9.17, 15) is 4.79 Å². The zero-order valence-electron chi connectivity index (χ0n) is 14.6. The summed E-state index contributed by atoms with van der Waals surface area (Å²) in [5.41, 5.74) is 1.72. The molecule has 0 aliphatic carbocycles. The number of likely N-dealkylation sites (N-methyl/N-ethyl adjacent to an activating group) is 1. The number of methoxy groups -OCH3 is 1. The van der Waals surface area contributed by atoms with Gasteiger partial charge in [0.2, 0.25) is 12.7 Å².